The van der Waals surface area contributed by atoms with Gasteiger partial charge >= 0.3 is 0 Å². The average molecular weight is 261 g/mol. The lowest BCUT2D eigenvalue weighted by Crippen LogP contribution is -2.52. The van der Waals surface area contributed by atoms with E-state index >= 15 is 0 Å². The number of carbonyl (C=O) groups excluding carboxylic acids is 1. The maximum Gasteiger partial charge on any atom is 0.251 e. The number of carbonyl (C=O) groups is 1. The Labute approximate surface area is 115 Å². The molecule has 0 radical (unpaired) electrons. The van der Waals surface area contributed by atoms with Crippen LogP contribution in [0.4, 0.5) is 0 Å². The van der Waals surface area contributed by atoms with Gasteiger partial charge < -0.3 is 10.6 Å². The first-order valence-corrected chi connectivity index (χ1v) is 6.93. The summed E-state index contributed by atoms with van der Waals surface area (Å²) in [6, 6.07) is 3.91. The first kappa shape index (κ1) is 14.0. The molecule has 4 nitrogen and oxygen atoms in total. The van der Waals surface area contributed by atoms with Crippen molar-refractivity contribution >= 4 is 5.91 Å². The number of pyridine rings is 1. The molecule has 1 amide bonds. The minimum atomic E-state index is -0.0197. The number of aromatic nitrogens is 1. The number of aryl methyl sites for hydroxylation is 1. The molecule has 4 heteroatoms. The molecule has 2 rings (SSSR count). The Morgan fingerprint density at radius 2 is 2.37 bits per heavy atom. The zero-order valence-corrected chi connectivity index (χ0v) is 12.0. The molecule has 1 fully saturated rings. The molecule has 2 N–H and O–H groups in total. The van der Waals surface area contributed by atoms with Crippen LogP contribution in [0, 0.1) is 12.3 Å². The van der Waals surface area contributed by atoms with Crippen LogP contribution >= 0.6 is 0 Å². The van der Waals surface area contributed by atoms with E-state index in [0.717, 1.165) is 12.2 Å². The van der Waals surface area contributed by atoms with Gasteiger partial charge in [-0.1, -0.05) is 13.8 Å². The van der Waals surface area contributed by atoms with Crippen molar-refractivity contribution in [3.8, 4) is 0 Å². The van der Waals surface area contributed by atoms with E-state index in [1.54, 1.807) is 12.3 Å². The van der Waals surface area contributed by atoms with E-state index in [2.05, 4.69) is 29.5 Å². The molecule has 0 saturated carbocycles. The van der Waals surface area contributed by atoms with Crippen LogP contribution in [0.5, 0.6) is 0 Å². The van der Waals surface area contributed by atoms with Crippen molar-refractivity contribution in [3.63, 3.8) is 0 Å². The second-order valence-corrected chi connectivity index (χ2v) is 5.99. The fourth-order valence-electron chi connectivity index (χ4n) is 2.60. The van der Waals surface area contributed by atoms with Gasteiger partial charge in [0.15, 0.2) is 0 Å². The molecule has 1 unspecified atom stereocenters. The molecular weight excluding hydrogens is 238 g/mol. The van der Waals surface area contributed by atoms with Gasteiger partial charge in [0, 0.05) is 30.0 Å². The first-order valence-electron chi connectivity index (χ1n) is 6.93. The highest BCUT2D eigenvalue weighted by Gasteiger charge is 2.31. The molecule has 1 aliphatic heterocycles. The number of nitrogens with zero attached hydrogens (tertiary/aromatic N) is 1. The summed E-state index contributed by atoms with van der Waals surface area (Å²) < 4.78 is 0. The van der Waals surface area contributed by atoms with Crippen molar-refractivity contribution in [2.75, 3.05) is 13.1 Å². The third-order valence-electron chi connectivity index (χ3n) is 3.96. The highest BCUT2D eigenvalue weighted by Crippen LogP contribution is 2.29. The van der Waals surface area contributed by atoms with Crippen molar-refractivity contribution in [2.24, 2.45) is 5.41 Å². The second-order valence-electron chi connectivity index (χ2n) is 5.99. The molecule has 104 valence electrons. The molecule has 1 aromatic heterocycles. The van der Waals surface area contributed by atoms with Gasteiger partial charge in [-0.25, -0.2) is 0 Å². The SMILES string of the molecule is Cc1cc(C(=O)NCC2NCCCC2(C)C)ccn1. The smallest absolute Gasteiger partial charge is 0.251 e. The summed E-state index contributed by atoms with van der Waals surface area (Å²) in [6.07, 6.45) is 4.09. The van der Waals surface area contributed by atoms with Crippen LogP contribution in [-0.4, -0.2) is 30.0 Å². The van der Waals surface area contributed by atoms with Gasteiger partial charge in [0.2, 0.25) is 0 Å². The summed E-state index contributed by atoms with van der Waals surface area (Å²) in [5, 5.41) is 6.52. The highest BCUT2D eigenvalue weighted by atomic mass is 16.1. The molecule has 0 aliphatic carbocycles. The third kappa shape index (κ3) is 3.53. The molecule has 2 heterocycles. The number of amides is 1. The maximum absolute atomic E-state index is 12.1. The predicted molar refractivity (Wildman–Crippen MR) is 76.1 cm³/mol. The normalized spacial score (nSPS) is 21.9. The summed E-state index contributed by atoms with van der Waals surface area (Å²) in [5.41, 5.74) is 1.78. The van der Waals surface area contributed by atoms with Crippen molar-refractivity contribution in [2.45, 2.75) is 39.7 Å². The largest absolute Gasteiger partial charge is 0.350 e. The molecule has 1 aromatic rings. The van der Waals surface area contributed by atoms with E-state index in [0.29, 0.717) is 18.2 Å². The van der Waals surface area contributed by atoms with Crippen molar-refractivity contribution in [1.82, 2.24) is 15.6 Å². The van der Waals surface area contributed by atoms with Crippen LogP contribution in [0.15, 0.2) is 18.3 Å². The molecular formula is C15H23N3O. The molecule has 0 aromatic carbocycles. The van der Waals surface area contributed by atoms with Gasteiger partial charge in [-0.05, 0) is 43.9 Å². The zero-order chi connectivity index (χ0) is 13.9. The number of nitrogens with one attached hydrogen (secondary N) is 2. The number of hydrogen-bond donors (Lipinski definition) is 2. The fourth-order valence-corrected chi connectivity index (χ4v) is 2.60. The molecule has 1 aliphatic rings. The zero-order valence-electron chi connectivity index (χ0n) is 12.0. The quantitative estimate of drug-likeness (QED) is 0.873. The van der Waals surface area contributed by atoms with Crippen molar-refractivity contribution in [1.29, 1.82) is 0 Å². The van der Waals surface area contributed by atoms with Crippen LogP contribution in [0.1, 0.15) is 42.7 Å². The van der Waals surface area contributed by atoms with Crippen LogP contribution in [0.3, 0.4) is 0 Å². The Balaban J connectivity index is 1.93. The van der Waals surface area contributed by atoms with Gasteiger partial charge in [0.25, 0.3) is 5.91 Å². The minimum Gasteiger partial charge on any atom is -0.350 e. The van der Waals surface area contributed by atoms with Crippen molar-refractivity contribution < 1.29 is 4.79 Å². The molecule has 1 saturated heterocycles. The van der Waals surface area contributed by atoms with Crippen molar-refractivity contribution in [3.05, 3.63) is 29.6 Å². The number of rotatable bonds is 3. The first-order chi connectivity index (χ1) is 8.99. The van der Waals surface area contributed by atoms with Gasteiger partial charge in [-0.2, -0.15) is 0 Å². The Morgan fingerprint density at radius 3 is 3.05 bits per heavy atom. The van der Waals surface area contributed by atoms with Gasteiger partial charge in [-0.3, -0.25) is 9.78 Å². The minimum absolute atomic E-state index is 0.0197. The van der Waals surface area contributed by atoms with Crippen LogP contribution in [0.2, 0.25) is 0 Å². The summed E-state index contributed by atoms with van der Waals surface area (Å²) in [7, 11) is 0. The van der Waals surface area contributed by atoms with Gasteiger partial charge in [-0.15, -0.1) is 0 Å². The second kappa shape index (κ2) is 5.70. The summed E-state index contributed by atoms with van der Waals surface area (Å²) in [6.45, 7) is 8.12. The standard InChI is InChI=1S/C15H23N3O/c1-11-9-12(5-8-16-11)14(19)18-10-13-15(2,3)6-4-7-17-13/h5,8-9,13,17H,4,6-7,10H2,1-3H3,(H,18,19). The molecule has 1 atom stereocenters. The number of piperidine rings is 1. The molecule has 0 spiro atoms. The van der Waals surface area contributed by atoms with Gasteiger partial charge in [0.1, 0.15) is 0 Å². The Morgan fingerprint density at radius 1 is 1.58 bits per heavy atom. The predicted octanol–water partition coefficient (Wildman–Crippen LogP) is 1.90. The average Bonchev–Trinajstić information content (AvgIpc) is 2.36. The summed E-state index contributed by atoms with van der Waals surface area (Å²) >= 11 is 0. The lowest BCUT2D eigenvalue weighted by Gasteiger charge is -2.39. The summed E-state index contributed by atoms with van der Waals surface area (Å²) in [4.78, 5) is 16.2. The van der Waals surface area contributed by atoms with E-state index in [9.17, 15) is 4.79 Å². The fraction of sp³-hybridized carbons (Fsp3) is 0.600. The van der Waals surface area contributed by atoms with E-state index in [-0.39, 0.29) is 11.3 Å². The van der Waals surface area contributed by atoms with Crippen LogP contribution in [-0.2, 0) is 0 Å². The monoisotopic (exact) mass is 261 g/mol. The lowest BCUT2D eigenvalue weighted by molar-refractivity contribution is 0.0928. The Kier molecular flexibility index (Phi) is 4.20. The van der Waals surface area contributed by atoms with Crippen LogP contribution < -0.4 is 10.6 Å². The molecule has 0 bridgehead atoms. The number of hydrogen-bond acceptors (Lipinski definition) is 3. The third-order valence-corrected chi connectivity index (χ3v) is 3.96. The van der Waals surface area contributed by atoms with Gasteiger partial charge in [0.05, 0.1) is 0 Å². The highest BCUT2D eigenvalue weighted by molar-refractivity contribution is 5.94. The Bertz CT molecular complexity index is 456. The maximum atomic E-state index is 12.1. The molecule has 19 heavy (non-hydrogen) atoms. The van der Waals surface area contributed by atoms with Crippen LogP contribution in [0.25, 0.3) is 0 Å². The van der Waals surface area contributed by atoms with E-state index in [1.807, 2.05) is 13.0 Å². The Hall–Kier alpha value is -1.42. The van der Waals surface area contributed by atoms with E-state index in [4.69, 9.17) is 0 Å². The summed E-state index contributed by atoms with van der Waals surface area (Å²) in [5.74, 6) is -0.0197. The lowest BCUT2D eigenvalue weighted by atomic mass is 9.77. The van der Waals surface area contributed by atoms with E-state index < -0.39 is 0 Å². The topological polar surface area (TPSA) is 54.0 Å². The van der Waals surface area contributed by atoms with E-state index in [1.165, 1.54) is 12.8 Å².